The van der Waals surface area contributed by atoms with Crippen molar-refractivity contribution >= 4 is 17.3 Å². The van der Waals surface area contributed by atoms with E-state index in [2.05, 4.69) is 5.32 Å². The topological polar surface area (TPSA) is 102 Å². The number of nitrogens with two attached hydrogens (primary N) is 1. The highest BCUT2D eigenvalue weighted by Crippen LogP contribution is 2.18. The molecule has 1 aromatic rings. The van der Waals surface area contributed by atoms with Crippen LogP contribution in [0.1, 0.15) is 25.7 Å². The molecule has 0 bridgehead atoms. The summed E-state index contributed by atoms with van der Waals surface area (Å²) in [5.41, 5.74) is 6.56. The van der Waals surface area contributed by atoms with Crippen molar-refractivity contribution in [2.75, 3.05) is 25.0 Å². The molecule has 0 aromatic heterocycles. The van der Waals surface area contributed by atoms with Gasteiger partial charge in [0.05, 0.1) is 4.92 Å². The van der Waals surface area contributed by atoms with Crippen molar-refractivity contribution in [3.63, 3.8) is 0 Å². The van der Waals surface area contributed by atoms with E-state index >= 15 is 0 Å². The summed E-state index contributed by atoms with van der Waals surface area (Å²) < 4.78 is 0. The van der Waals surface area contributed by atoms with Crippen molar-refractivity contribution in [3.05, 3.63) is 34.4 Å². The summed E-state index contributed by atoms with van der Waals surface area (Å²) in [7, 11) is 0. The number of carbonyl (C=O) groups excluding carboxylic acids is 1. The van der Waals surface area contributed by atoms with Crippen LogP contribution in [0.25, 0.3) is 0 Å². The van der Waals surface area contributed by atoms with Gasteiger partial charge in [0, 0.05) is 49.9 Å². The molecule has 1 fully saturated rings. The maximum absolute atomic E-state index is 12.1. The molecule has 1 unspecified atom stereocenters. The summed E-state index contributed by atoms with van der Waals surface area (Å²) in [6.07, 6.45) is 3.26. The zero-order valence-electron chi connectivity index (χ0n) is 12.5. The second-order valence-corrected chi connectivity index (χ2v) is 5.45. The van der Waals surface area contributed by atoms with E-state index in [4.69, 9.17) is 5.73 Å². The van der Waals surface area contributed by atoms with Crippen LogP contribution in [-0.4, -0.2) is 41.4 Å². The highest BCUT2D eigenvalue weighted by Gasteiger charge is 2.26. The van der Waals surface area contributed by atoms with Gasteiger partial charge in [-0.15, -0.1) is 0 Å². The van der Waals surface area contributed by atoms with Gasteiger partial charge in [-0.3, -0.25) is 14.9 Å². The lowest BCUT2D eigenvalue weighted by Gasteiger charge is -2.23. The van der Waals surface area contributed by atoms with E-state index in [0.717, 1.165) is 31.5 Å². The number of non-ortho nitro benzene ring substituents is 1. The summed E-state index contributed by atoms with van der Waals surface area (Å²) in [5, 5.41) is 13.7. The molecular formula is C15H22N4O3. The molecule has 22 heavy (non-hydrogen) atoms. The molecule has 1 aromatic carbocycles. The van der Waals surface area contributed by atoms with Gasteiger partial charge in [0.15, 0.2) is 0 Å². The summed E-state index contributed by atoms with van der Waals surface area (Å²) in [6.45, 7) is 2.01. The number of carbonyl (C=O) groups is 1. The Bertz CT molecular complexity index is 518. The Morgan fingerprint density at radius 1 is 1.41 bits per heavy atom. The van der Waals surface area contributed by atoms with E-state index in [-0.39, 0.29) is 17.6 Å². The third-order valence-corrected chi connectivity index (χ3v) is 3.94. The smallest absolute Gasteiger partial charge is 0.269 e. The molecule has 7 heteroatoms. The maximum Gasteiger partial charge on any atom is 0.269 e. The third-order valence-electron chi connectivity index (χ3n) is 3.94. The van der Waals surface area contributed by atoms with Crippen LogP contribution in [0, 0.1) is 10.1 Å². The third kappa shape index (κ3) is 4.17. The lowest BCUT2D eigenvalue weighted by molar-refractivity contribution is -0.384. The number of hydrogen-bond donors (Lipinski definition) is 2. The van der Waals surface area contributed by atoms with E-state index < -0.39 is 4.92 Å². The van der Waals surface area contributed by atoms with E-state index in [9.17, 15) is 14.9 Å². The van der Waals surface area contributed by atoms with E-state index in [1.807, 2.05) is 4.90 Å². The molecular weight excluding hydrogens is 284 g/mol. The fourth-order valence-electron chi connectivity index (χ4n) is 2.73. The number of amides is 1. The summed E-state index contributed by atoms with van der Waals surface area (Å²) >= 11 is 0. The Balaban J connectivity index is 1.70. The minimum atomic E-state index is -0.424. The SMILES string of the molecule is NCC1CCCN1C(=O)CCCNc1ccc([N+](=O)[O-])cc1. The Morgan fingerprint density at radius 3 is 2.77 bits per heavy atom. The minimum Gasteiger partial charge on any atom is -0.385 e. The van der Waals surface area contributed by atoms with Crippen LogP contribution in [0.2, 0.25) is 0 Å². The van der Waals surface area contributed by atoms with Crippen LogP contribution in [0.15, 0.2) is 24.3 Å². The van der Waals surface area contributed by atoms with Gasteiger partial charge >= 0.3 is 0 Å². The predicted molar refractivity (Wildman–Crippen MR) is 84.6 cm³/mol. The first-order valence-electron chi connectivity index (χ1n) is 7.59. The second kappa shape index (κ2) is 7.74. The monoisotopic (exact) mass is 306 g/mol. The van der Waals surface area contributed by atoms with Gasteiger partial charge in [0.25, 0.3) is 5.69 Å². The molecule has 120 valence electrons. The number of hydrogen-bond acceptors (Lipinski definition) is 5. The van der Waals surface area contributed by atoms with Gasteiger partial charge in [-0.05, 0) is 31.4 Å². The van der Waals surface area contributed by atoms with Crippen LogP contribution in [-0.2, 0) is 4.79 Å². The first kappa shape index (κ1) is 16.2. The van der Waals surface area contributed by atoms with Gasteiger partial charge in [-0.1, -0.05) is 0 Å². The Kier molecular flexibility index (Phi) is 5.71. The van der Waals surface area contributed by atoms with Gasteiger partial charge in [0.1, 0.15) is 0 Å². The molecule has 1 aliphatic rings. The summed E-state index contributed by atoms with van der Waals surface area (Å²) in [4.78, 5) is 24.1. The molecule has 0 saturated carbocycles. The molecule has 0 aliphatic carbocycles. The van der Waals surface area contributed by atoms with Gasteiger partial charge < -0.3 is 16.0 Å². The van der Waals surface area contributed by atoms with Crippen LogP contribution in [0.5, 0.6) is 0 Å². The number of likely N-dealkylation sites (tertiary alicyclic amines) is 1. The largest absolute Gasteiger partial charge is 0.385 e. The predicted octanol–water partition coefficient (Wildman–Crippen LogP) is 1.74. The van der Waals surface area contributed by atoms with Gasteiger partial charge in [0.2, 0.25) is 5.91 Å². The van der Waals surface area contributed by atoms with Gasteiger partial charge in [-0.25, -0.2) is 0 Å². The highest BCUT2D eigenvalue weighted by atomic mass is 16.6. The van der Waals surface area contributed by atoms with Crippen LogP contribution < -0.4 is 11.1 Å². The van der Waals surface area contributed by atoms with Gasteiger partial charge in [-0.2, -0.15) is 0 Å². The molecule has 1 atom stereocenters. The van der Waals surface area contributed by atoms with Crippen molar-refractivity contribution < 1.29 is 9.72 Å². The number of rotatable bonds is 7. The van der Waals surface area contributed by atoms with Crippen molar-refractivity contribution in [3.8, 4) is 0 Å². The standard InChI is InChI=1S/C15H22N4O3/c16-11-14-3-2-10-18(14)15(20)4-1-9-17-12-5-7-13(8-6-12)19(21)22/h5-8,14,17H,1-4,9-11,16H2. The first-order valence-corrected chi connectivity index (χ1v) is 7.59. The van der Waals surface area contributed by atoms with E-state index in [1.165, 1.54) is 12.1 Å². The zero-order valence-corrected chi connectivity index (χ0v) is 12.5. The lowest BCUT2D eigenvalue weighted by Crippen LogP contribution is -2.39. The average Bonchev–Trinajstić information content (AvgIpc) is 3.00. The van der Waals surface area contributed by atoms with Crippen molar-refractivity contribution in [2.24, 2.45) is 5.73 Å². The van der Waals surface area contributed by atoms with Crippen LogP contribution in [0.3, 0.4) is 0 Å². The minimum absolute atomic E-state index is 0.0718. The average molecular weight is 306 g/mol. The number of nitrogens with zero attached hydrogens (tertiary/aromatic N) is 2. The summed E-state index contributed by atoms with van der Waals surface area (Å²) in [5.74, 6) is 0.165. The number of nitrogens with one attached hydrogen (secondary N) is 1. The van der Waals surface area contributed by atoms with Crippen molar-refractivity contribution in [1.29, 1.82) is 0 Å². The molecule has 2 rings (SSSR count). The molecule has 1 heterocycles. The fraction of sp³-hybridized carbons (Fsp3) is 0.533. The van der Waals surface area contributed by atoms with E-state index in [0.29, 0.717) is 19.5 Å². The Hall–Kier alpha value is -2.15. The molecule has 0 spiro atoms. The maximum atomic E-state index is 12.1. The van der Waals surface area contributed by atoms with Crippen LogP contribution in [0.4, 0.5) is 11.4 Å². The molecule has 1 amide bonds. The Morgan fingerprint density at radius 2 is 2.14 bits per heavy atom. The molecule has 1 saturated heterocycles. The molecule has 3 N–H and O–H groups in total. The number of nitro benzene ring substituents is 1. The molecule has 0 radical (unpaired) electrons. The Labute approximate surface area is 129 Å². The number of anilines is 1. The second-order valence-electron chi connectivity index (χ2n) is 5.45. The first-order chi connectivity index (χ1) is 10.6. The number of benzene rings is 1. The fourth-order valence-corrected chi connectivity index (χ4v) is 2.73. The summed E-state index contributed by atoms with van der Waals surface area (Å²) in [6, 6.07) is 6.47. The van der Waals surface area contributed by atoms with Crippen molar-refractivity contribution in [2.45, 2.75) is 31.7 Å². The van der Waals surface area contributed by atoms with Crippen LogP contribution >= 0.6 is 0 Å². The molecule has 1 aliphatic heterocycles. The normalized spacial score (nSPS) is 17.5. The molecule has 7 nitrogen and oxygen atoms in total. The zero-order chi connectivity index (χ0) is 15.9. The number of nitro groups is 1. The quantitative estimate of drug-likeness (QED) is 0.454. The lowest BCUT2D eigenvalue weighted by atomic mass is 10.2. The van der Waals surface area contributed by atoms with E-state index in [1.54, 1.807) is 12.1 Å². The van der Waals surface area contributed by atoms with Crippen molar-refractivity contribution in [1.82, 2.24) is 4.90 Å². The highest BCUT2D eigenvalue weighted by molar-refractivity contribution is 5.76.